The molecule has 0 saturated carbocycles. The number of carbonyl (C=O) groups is 1. The van der Waals surface area contributed by atoms with Gasteiger partial charge in [0.05, 0.1) is 12.6 Å². The van der Waals surface area contributed by atoms with Crippen LogP contribution in [0, 0.1) is 12.8 Å². The first-order valence-electron chi connectivity index (χ1n) is 10.8. The molecule has 29 heavy (non-hydrogen) atoms. The molecule has 3 rings (SSSR count). The van der Waals surface area contributed by atoms with Gasteiger partial charge in [0, 0.05) is 25.2 Å². The maximum atomic E-state index is 12.3. The minimum Gasteiger partial charge on any atom is -0.494 e. The Kier molecular flexibility index (Phi) is 7.56. The molecule has 1 saturated heterocycles. The molecule has 0 spiro atoms. The predicted molar refractivity (Wildman–Crippen MR) is 120 cm³/mol. The first kappa shape index (κ1) is 21.2. The first-order valence-corrected chi connectivity index (χ1v) is 10.8. The van der Waals surface area contributed by atoms with Crippen molar-refractivity contribution in [1.29, 1.82) is 0 Å². The van der Waals surface area contributed by atoms with Gasteiger partial charge < -0.3 is 15.0 Å². The maximum Gasteiger partial charge on any atom is 0.220 e. The van der Waals surface area contributed by atoms with E-state index >= 15 is 0 Å². The highest BCUT2D eigenvalue weighted by Gasteiger charge is 2.17. The molecule has 1 heterocycles. The smallest absolute Gasteiger partial charge is 0.220 e. The number of piperidine rings is 1. The summed E-state index contributed by atoms with van der Waals surface area (Å²) in [6.07, 6.45) is 3.77. The van der Waals surface area contributed by atoms with Gasteiger partial charge in [-0.2, -0.15) is 0 Å². The van der Waals surface area contributed by atoms with Crippen LogP contribution in [0.2, 0.25) is 0 Å². The van der Waals surface area contributed by atoms with E-state index < -0.39 is 0 Å². The summed E-state index contributed by atoms with van der Waals surface area (Å²) in [7, 11) is 0. The Hall–Kier alpha value is -2.49. The van der Waals surface area contributed by atoms with Gasteiger partial charge in [0.25, 0.3) is 0 Å². The van der Waals surface area contributed by atoms with Crippen LogP contribution in [0.5, 0.6) is 5.75 Å². The number of nitrogens with zero attached hydrogens (tertiary/aromatic N) is 1. The molecular formula is C25H34N2O2. The number of ether oxygens (including phenoxy) is 1. The number of carbonyl (C=O) groups excluding carboxylic acids is 1. The summed E-state index contributed by atoms with van der Waals surface area (Å²) in [5, 5.41) is 3.10. The van der Waals surface area contributed by atoms with E-state index in [9.17, 15) is 4.79 Å². The van der Waals surface area contributed by atoms with E-state index in [2.05, 4.69) is 48.3 Å². The number of benzene rings is 2. The first-order chi connectivity index (χ1) is 14.0. The van der Waals surface area contributed by atoms with E-state index in [0.29, 0.717) is 19.4 Å². The molecule has 156 valence electrons. The quantitative estimate of drug-likeness (QED) is 0.620. The second kappa shape index (κ2) is 10.3. The van der Waals surface area contributed by atoms with Crippen LogP contribution >= 0.6 is 0 Å². The van der Waals surface area contributed by atoms with Crippen molar-refractivity contribution in [2.45, 2.75) is 52.5 Å². The maximum absolute atomic E-state index is 12.3. The van der Waals surface area contributed by atoms with Gasteiger partial charge in [0.1, 0.15) is 5.75 Å². The number of rotatable bonds is 8. The van der Waals surface area contributed by atoms with E-state index in [1.807, 2.05) is 31.2 Å². The average molecular weight is 395 g/mol. The molecule has 0 bridgehead atoms. The van der Waals surface area contributed by atoms with Crippen molar-refractivity contribution in [1.82, 2.24) is 5.32 Å². The Labute approximate surface area is 175 Å². The minimum absolute atomic E-state index is 0.00912. The van der Waals surface area contributed by atoms with Crippen molar-refractivity contribution in [3.05, 3.63) is 59.7 Å². The summed E-state index contributed by atoms with van der Waals surface area (Å²) < 4.78 is 5.69. The highest BCUT2D eigenvalue weighted by molar-refractivity contribution is 5.76. The van der Waals surface area contributed by atoms with E-state index in [1.54, 1.807) is 0 Å². The third-order valence-corrected chi connectivity index (χ3v) is 5.63. The van der Waals surface area contributed by atoms with E-state index in [-0.39, 0.29) is 11.9 Å². The van der Waals surface area contributed by atoms with E-state index in [4.69, 9.17) is 4.74 Å². The van der Waals surface area contributed by atoms with Crippen LogP contribution in [-0.4, -0.2) is 25.6 Å². The van der Waals surface area contributed by atoms with Gasteiger partial charge >= 0.3 is 0 Å². The van der Waals surface area contributed by atoms with Gasteiger partial charge in [0.15, 0.2) is 0 Å². The van der Waals surface area contributed by atoms with Crippen molar-refractivity contribution >= 4 is 11.6 Å². The molecule has 1 amide bonds. The van der Waals surface area contributed by atoms with Gasteiger partial charge in [-0.25, -0.2) is 0 Å². The molecule has 2 atom stereocenters. The lowest BCUT2D eigenvalue weighted by Gasteiger charge is -2.33. The summed E-state index contributed by atoms with van der Waals surface area (Å²) in [5.74, 6) is 1.68. The number of hydrogen-bond donors (Lipinski definition) is 1. The van der Waals surface area contributed by atoms with Crippen molar-refractivity contribution in [2.24, 2.45) is 5.92 Å². The lowest BCUT2D eigenvalue weighted by Crippen LogP contribution is -2.34. The second-order valence-electron chi connectivity index (χ2n) is 8.34. The third kappa shape index (κ3) is 6.52. The zero-order chi connectivity index (χ0) is 20.6. The molecule has 1 aliphatic heterocycles. The largest absolute Gasteiger partial charge is 0.494 e. The van der Waals surface area contributed by atoms with Crippen LogP contribution in [0.4, 0.5) is 5.69 Å². The fraction of sp³-hybridized carbons (Fsp3) is 0.480. The molecule has 1 aliphatic rings. The normalized spacial score (nSPS) is 17.6. The molecule has 1 N–H and O–H groups in total. The predicted octanol–water partition coefficient (Wildman–Crippen LogP) is 5.27. The molecule has 0 aromatic heterocycles. The zero-order valence-electron chi connectivity index (χ0n) is 18.0. The number of hydrogen-bond acceptors (Lipinski definition) is 3. The molecule has 0 aliphatic carbocycles. The lowest BCUT2D eigenvalue weighted by molar-refractivity contribution is -0.121. The zero-order valence-corrected chi connectivity index (χ0v) is 18.0. The SMILES string of the molecule is Cc1ccc(OCCCC(=O)N[C@H](C)c2ccc(N3CCC[C@@H](C)C3)cc2)cc1. The van der Waals surface area contributed by atoms with Crippen LogP contribution in [-0.2, 0) is 4.79 Å². The van der Waals surface area contributed by atoms with Crippen LogP contribution < -0.4 is 15.0 Å². The third-order valence-electron chi connectivity index (χ3n) is 5.63. The van der Waals surface area contributed by atoms with E-state index in [0.717, 1.165) is 30.3 Å². The Morgan fingerprint density at radius 1 is 1.17 bits per heavy atom. The van der Waals surface area contributed by atoms with Crippen molar-refractivity contribution in [2.75, 3.05) is 24.6 Å². The topological polar surface area (TPSA) is 41.6 Å². The number of nitrogens with one attached hydrogen (secondary N) is 1. The Bertz CT molecular complexity index is 770. The summed E-state index contributed by atoms with van der Waals surface area (Å²) >= 11 is 0. The van der Waals surface area contributed by atoms with Gasteiger partial charge in [-0.3, -0.25) is 4.79 Å². The molecule has 1 fully saturated rings. The minimum atomic E-state index is 0.00912. The molecule has 0 unspecified atom stereocenters. The highest BCUT2D eigenvalue weighted by Crippen LogP contribution is 2.24. The average Bonchev–Trinajstić information content (AvgIpc) is 2.72. The van der Waals surface area contributed by atoms with Crippen molar-refractivity contribution in [3.63, 3.8) is 0 Å². The highest BCUT2D eigenvalue weighted by atomic mass is 16.5. The van der Waals surface area contributed by atoms with Gasteiger partial charge in [0.2, 0.25) is 5.91 Å². The number of aryl methyl sites for hydroxylation is 1. The molecular weight excluding hydrogens is 360 g/mol. The fourth-order valence-electron chi connectivity index (χ4n) is 3.85. The standard InChI is InChI=1S/C25H34N2O2/c1-19-8-14-24(15-9-19)29-17-5-7-25(28)26-21(3)22-10-12-23(13-11-22)27-16-4-6-20(2)18-27/h8-15,20-21H,4-7,16-18H2,1-3H3,(H,26,28)/t20-,21-/m1/s1. The summed E-state index contributed by atoms with van der Waals surface area (Å²) in [5.41, 5.74) is 3.64. The van der Waals surface area contributed by atoms with Gasteiger partial charge in [-0.05, 0) is 68.9 Å². The lowest BCUT2D eigenvalue weighted by atomic mass is 9.99. The van der Waals surface area contributed by atoms with E-state index in [1.165, 1.54) is 24.1 Å². The van der Waals surface area contributed by atoms with Crippen LogP contribution in [0.25, 0.3) is 0 Å². The second-order valence-corrected chi connectivity index (χ2v) is 8.34. The van der Waals surface area contributed by atoms with Crippen LogP contribution in [0.15, 0.2) is 48.5 Å². The molecule has 2 aromatic rings. The van der Waals surface area contributed by atoms with Gasteiger partial charge in [-0.15, -0.1) is 0 Å². The Morgan fingerprint density at radius 3 is 2.59 bits per heavy atom. The fourth-order valence-corrected chi connectivity index (χ4v) is 3.85. The van der Waals surface area contributed by atoms with Crippen LogP contribution in [0.1, 0.15) is 56.7 Å². The molecule has 0 radical (unpaired) electrons. The van der Waals surface area contributed by atoms with Crippen molar-refractivity contribution in [3.8, 4) is 5.75 Å². The molecule has 4 heteroatoms. The summed E-state index contributed by atoms with van der Waals surface area (Å²) in [6.45, 7) is 9.24. The summed E-state index contributed by atoms with van der Waals surface area (Å²) in [4.78, 5) is 14.7. The van der Waals surface area contributed by atoms with Crippen LogP contribution in [0.3, 0.4) is 0 Å². The number of amides is 1. The van der Waals surface area contributed by atoms with Crippen molar-refractivity contribution < 1.29 is 9.53 Å². The molecule has 2 aromatic carbocycles. The summed E-state index contributed by atoms with van der Waals surface area (Å²) in [6, 6.07) is 16.6. The van der Waals surface area contributed by atoms with Gasteiger partial charge in [-0.1, -0.05) is 36.8 Å². The number of anilines is 1. The monoisotopic (exact) mass is 394 g/mol. The Balaban J connectivity index is 1.40. The Morgan fingerprint density at radius 2 is 1.90 bits per heavy atom. The molecule has 4 nitrogen and oxygen atoms in total.